The minimum absolute atomic E-state index is 0.00655. The van der Waals surface area contributed by atoms with Gasteiger partial charge in [-0.2, -0.15) is 0 Å². The number of morpholine rings is 1. The lowest BCUT2D eigenvalue weighted by Crippen LogP contribution is -2.58. The molecule has 1 aromatic carbocycles. The second-order valence-corrected chi connectivity index (χ2v) is 8.36. The van der Waals surface area contributed by atoms with Crippen LogP contribution < -0.4 is 4.72 Å². The zero-order valence-electron chi connectivity index (χ0n) is 13.8. The van der Waals surface area contributed by atoms with Crippen LogP contribution in [0.25, 0.3) is 0 Å². The summed E-state index contributed by atoms with van der Waals surface area (Å²) in [5.74, 6) is -0.0563. The Labute approximate surface area is 143 Å². The van der Waals surface area contributed by atoms with E-state index in [-0.39, 0.29) is 11.8 Å². The van der Waals surface area contributed by atoms with Crippen molar-refractivity contribution in [3.63, 3.8) is 0 Å². The van der Waals surface area contributed by atoms with Gasteiger partial charge in [-0.25, -0.2) is 13.1 Å². The summed E-state index contributed by atoms with van der Waals surface area (Å²) in [6.45, 7) is 2.94. The Balaban J connectivity index is 1.63. The first-order chi connectivity index (χ1) is 11.6. The van der Waals surface area contributed by atoms with Gasteiger partial charge >= 0.3 is 0 Å². The van der Waals surface area contributed by atoms with Crippen molar-refractivity contribution in [1.82, 2.24) is 9.62 Å². The van der Waals surface area contributed by atoms with Crippen molar-refractivity contribution in [3.05, 3.63) is 35.9 Å². The molecule has 134 valence electrons. The van der Waals surface area contributed by atoms with Gasteiger partial charge in [0.2, 0.25) is 10.0 Å². The molecule has 2 N–H and O–H groups in total. The topological polar surface area (TPSA) is 78.9 Å². The number of hydrogen-bond donors (Lipinski definition) is 2. The fourth-order valence-corrected chi connectivity index (χ4v) is 5.09. The minimum atomic E-state index is -3.47. The van der Waals surface area contributed by atoms with Gasteiger partial charge < -0.3 is 9.84 Å². The highest BCUT2D eigenvalue weighted by Gasteiger charge is 2.37. The van der Waals surface area contributed by atoms with E-state index in [9.17, 15) is 13.5 Å². The second kappa shape index (κ2) is 7.93. The first-order valence-electron chi connectivity index (χ1n) is 8.59. The Hall–Kier alpha value is -0.990. The third-order valence-corrected chi connectivity index (χ3v) is 6.24. The molecule has 1 saturated carbocycles. The van der Waals surface area contributed by atoms with E-state index in [0.29, 0.717) is 19.6 Å². The second-order valence-electron chi connectivity index (χ2n) is 6.61. The van der Waals surface area contributed by atoms with Gasteiger partial charge in [0.05, 0.1) is 25.1 Å². The summed E-state index contributed by atoms with van der Waals surface area (Å²) >= 11 is 0. The van der Waals surface area contributed by atoms with E-state index in [1.165, 1.54) is 0 Å². The molecule has 1 aromatic rings. The lowest BCUT2D eigenvalue weighted by molar-refractivity contribution is -0.0441. The number of nitrogens with one attached hydrogen (secondary N) is 1. The van der Waals surface area contributed by atoms with Gasteiger partial charge in [0.15, 0.2) is 0 Å². The quantitative estimate of drug-likeness (QED) is 0.815. The van der Waals surface area contributed by atoms with Crippen LogP contribution in [0.1, 0.15) is 24.8 Å². The molecule has 6 nitrogen and oxygen atoms in total. The van der Waals surface area contributed by atoms with Gasteiger partial charge in [0.1, 0.15) is 0 Å². The number of nitrogens with zero attached hydrogens (tertiary/aromatic N) is 1. The molecule has 3 atom stereocenters. The fourth-order valence-electron chi connectivity index (χ4n) is 3.66. The summed E-state index contributed by atoms with van der Waals surface area (Å²) in [5, 5.41) is 10.7. The first kappa shape index (κ1) is 17.8. The van der Waals surface area contributed by atoms with Crippen molar-refractivity contribution in [2.75, 3.05) is 26.3 Å². The predicted molar refractivity (Wildman–Crippen MR) is 92.0 cm³/mol. The molecule has 0 radical (unpaired) electrons. The van der Waals surface area contributed by atoms with E-state index >= 15 is 0 Å². The first-order valence-corrected chi connectivity index (χ1v) is 10.2. The number of aliphatic hydroxyl groups excluding tert-OH is 1. The predicted octanol–water partition coefficient (Wildman–Crippen LogP) is 0.720. The average Bonchev–Trinajstić information content (AvgIpc) is 2.58. The van der Waals surface area contributed by atoms with Crippen molar-refractivity contribution in [3.8, 4) is 0 Å². The van der Waals surface area contributed by atoms with Gasteiger partial charge in [0.25, 0.3) is 0 Å². The van der Waals surface area contributed by atoms with Crippen LogP contribution in [0.4, 0.5) is 0 Å². The van der Waals surface area contributed by atoms with E-state index in [4.69, 9.17) is 4.74 Å². The maximum atomic E-state index is 12.4. The van der Waals surface area contributed by atoms with Gasteiger partial charge in [-0.1, -0.05) is 36.8 Å². The molecule has 1 aliphatic heterocycles. The molecule has 1 saturated heterocycles. The normalized spacial score (nSPS) is 29.5. The maximum Gasteiger partial charge on any atom is 0.216 e. The molecule has 1 heterocycles. The minimum Gasteiger partial charge on any atom is -0.390 e. The van der Waals surface area contributed by atoms with Gasteiger partial charge in [0, 0.05) is 25.2 Å². The summed E-state index contributed by atoms with van der Waals surface area (Å²) < 4.78 is 33.0. The van der Waals surface area contributed by atoms with Crippen molar-refractivity contribution < 1.29 is 18.3 Å². The van der Waals surface area contributed by atoms with Crippen LogP contribution in [0.2, 0.25) is 0 Å². The van der Waals surface area contributed by atoms with Crippen molar-refractivity contribution in [2.45, 2.75) is 43.2 Å². The molecule has 0 aromatic heterocycles. The number of benzene rings is 1. The van der Waals surface area contributed by atoms with Crippen LogP contribution in [-0.2, 0) is 20.5 Å². The highest BCUT2D eigenvalue weighted by molar-refractivity contribution is 7.88. The Morgan fingerprint density at radius 2 is 1.88 bits per heavy atom. The molecule has 2 aliphatic rings. The summed E-state index contributed by atoms with van der Waals surface area (Å²) in [4.78, 5) is 2.23. The largest absolute Gasteiger partial charge is 0.390 e. The van der Waals surface area contributed by atoms with E-state index in [1.807, 2.05) is 18.2 Å². The number of aliphatic hydroxyl groups is 1. The maximum absolute atomic E-state index is 12.4. The molecule has 1 aliphatic carbocycles. The summed E-state index contributed by atoms with van der Waals surface area (Å²) in [5.41, 5.74) is 0.750. The average molecular weight is 354 g/mol. The van der Waals surface area contributed by atoms with Crippen LogP contribution in [0, 0.1) is 0 Å². The van der Waals surface area contributed by atoms with E-state index in [0.717, 1.165) is 31.5 Å². The van der Waals surface area contributed by atoms with Crippen LogP contribution in [0.15, 0.2) is 30.3 Å². The molecule has 0 bridgehead atoms. The molecule has 0 unspecified atom stereocenters. The highest BCUT2D eigenvalue weighted by atomic mass is 32.2. The molecule has 3 rings (SSSR count). The van der Waals surface area contributed by atoms with E-state index < -0.39 is 22.2 Å². The third kappa shape index (κ3) is 4.55. The zero-order chi connectivity index (χ0) is 17.0. The molecule has 0 amide bonds. The lowest BCUT2D eigenvalue weighted by Gasteiger charge is -2.42. The highest BCUT2D eigenvalue weighted by Crippen LogP contribution is 2.25. The van der Waals surface area contributed by atoms with Crippen LogP contribution in [0.3, 0.4) is 0 Å². The van der Waals surface area contributed by atoms with Gasteiger partial charge in [-0.3, -0.25) is 4.90 Å². The standard InChI is InChI=1S/C17H26N2O4S/c20-17-15(7-4-8-16(17)19-9-11-23-12-10-19)18-24(21,22)13-14-5-2-1-3-6-14/h1-3,5-6,15-18,20H,4,7-13H2/t15-,16-,17-/m1/s1. The van der Waals surface area contributed by atoms with E-state index in [1.54, 1.807) is 12.1 Å². The molecular weight excluding hydrogens is 328 g/mol. The van der Waals surface area contributed by atoms with Gasteiger partial charge in [-0.15, -0.1) is 0 Å². The van der Waals surface area contributed by atoms with Crippen molar-refractivity contribution in [1.29, 1.82) is 0 Å². The summed E-state index contributed by atoms with van der Waals surface area (Å²) in [6.07, 6.45) is 1.81. The Morgan fingerprint density at radius 1 is 1.17 bits per heavy atom. The van der Waals surface area contributed by atoms with E-state index in [2.05, 4.69) is 9.62 Å². The lowest BCUT2D eigenvalue weighted by atomic mass is 9.87. The third-order valence-electron chi connectivity index (χ3n) is 4.87. The molecular formula is C17H26N2O4S. The number of hydrogen-bond acceptors (Lipinski definition) is 5. The Kier molecular flexibility index (Phi) is 5.89. The molecule has 24 heavy (non-hydrogen) atoms. The zero-order valence-corrected chi connectivity index (χ0v) is 14.6. The molecule has 2 fully saturated rings. The number of ether oxygens (including phenoxy) is 1. The Morgan fingerprint density at radius 3 is 2.58 bits per heavy atom. The smallest absolute Gasteiger partial charge is 0.216 e. The summed E-state index contributed by atoms with van der Waals surface area (Å²) in [6, 6.07) is 8.71. The van der Waals surface area contributed by atoms with Crippen LogP contribution in [-0.4, -0.2) is 62.9 Å². The summed E-state index contributed by atoms with van der Waals surface area (Å²) in [7, 11) is -3.47. The number of rotatable bonds is 5. The van der Waals surface area contributed by atoms with Crippen molar-refractivity contribution >= 4 is 10.0 Å². The van der Waals surface area contributed by atoms with Crippen molar-refractivity contribution in [2.24, 2.45) is 0 Å². The van der Waals surface area contributed by atoms with Crippen LogP contribution >= 0.6 is 0 Å². The monoisotopic (exact) mass is 354 g/mol. The SMILES string of the molecule is O=S(=O)(Cc1ccccc1)N[C@@H]1CCC[C@@H](N2CCOCC2)[C@@H]1O. The Bertz CT molecular complexity index is 617. The van der Waals surface area contributed by atoms with Gasteiger partial charge in [-0.05, 0) is 18.4 Å². The fraction of sp³-hybridized carbons (Fsp3) is 0.647. The van der Waals surface area contributed by atoms with Crippen LogP contribution in [0.5, 0.6) is 0 Å². The molecule has 7 heteroatoms. The number of sulfonamides is 1. The molecule has 0 spiro atoms.